The minimum Gasteiger partial charge on any atom is -0.478 e. The van der Waals surface area contributed by atoms with E-state index in [4.69, 9.17) is 10.8 Å². The Kier molecular flexibility index (Phi) is 4.86. The fraction of sp³-hybridized carbons (Fsp3) is 0.222. The second-order valence-electron chi connectivity index (χ2n) is 3.13. The second kappa shape index (κ2) is 5.76. The number of carboxylic acids is 1. The zero-order chi connectivity index (χ0) is 13.1. The summed E-state index contributed by atoms with van der Waals surface area (Å²) in [5.74, 6) is -1.16. The van der Waals surface area contributed by atoms with Crippen LogP contribution in [-0.2, 0) is 10.0 Å². The Hall–Kier alpha value is -0.710. The number of hydrogen-bond donors (Lipinski definition) is 3. The van der Waals surface area contributed by atoms with Crippen LogP contribution in [0.4, 0.5) is 0 Å². The largest absolute Gasteiger partial charge is 0.478 e. The zero-order valence-electron chi connectivity index (χ0n) is 8.68. The zero-order valence-corrected chi connectivity index (χ0v) is 11.7. The molecule has 0 aliphatic carbocycles. The van der Waals surface area contributed by atoms with E-state index in [-0.39, 0.29) is 23.5 Å². The van der Waals surface area contributed by atoms with E-state index in [1.807, 2.05) is 22.6 Å². The number of halogens is 1. The maximum Gasteiger partial charge on any atom is 0.336 e. The van der Waals surface area contributed by atoms with Gasteiger partial charge >= 0.3 is 5.97 Å². The van der Waals surface area contributed by atoms with Crippen molar-refractivity contribution in [1.82, 2.24) is 4.72 Å². The first-order valence-corrected chi connectivity index (χ1v) is 7.17. The molecule has 0 amide bonds. The van der Waals surface area contributed by atoms with Crippen molar-refractivity contribution in [1.29, 1.82) is 0 Å². The highest BCUT2D eigenvalue weighted by atomic mass is 127. The Morgan fingerprint density at radius 3 is 2.65 bits per heavy atom. The molecule has 0 saturated heterocycles. The third-order valence-electron chi connectivity index (χ3n) is 1.91. The molecular formula is C9H11IN2O4S. The summed E-state index contributed by atoms with van der Waals surface area (Å²) in [4.78, 5) is 10.8. The molecule has 0 fully saturated rings. The molecule has 1 aromatic carbocycles. The molecule has 6 nitrogen and oxygen atoms in total. The van der Waals surface area contributed by atoms with Crippen molar-refractivity contribution >= 4 is 38.6 Å². The molecule has 94 valence electrons. The van der Waals surface area contributed by atoms with Gasteiger partial charge in [-0.15, -0.1) is 0 Å². The highest BCUT2D eigenvalue weighted by molar-refractivity contribution is 14.1. The molecule has 4 N–H and O–H groups in total. The van der Waals surface area contributed by atoms with E-state index in [0.29, 0.717) is 3.57 Å². The normalized spacial score (nSPS) is 11.4. The molecule has 0 saturated carbocycles. The molecule has 17 heavy (non-hydrogen) atoms. The fourth-order valence-electron chi connectivity index (χ4n) is 1.11. The van der Waals surface area contributed by atoms with E-state index in [1.54, 1.807) is 0 Å². The highest BCUT2D eigenvalue weighted by Crippen LogP contribution is 2.17. The van der Waals surface area contributed by atoms with Gasteiger partial charge in [-0.25, -0.2) is 17.9 Å². The van der Waals surface area contributed by atoms with Gasteiger partial charge in [0.05, 0.1) is 10.5 Å². The van der Waals surface area contributed by atoms with Gasteiger partial charge in [0.1, 0.15) is 0 Å². The molecule has 1 rings (SSSR count). The van der Waals surface area contributed by atoms with Crippen molar-refractivity contribution in [3.63, 3.8) is 0 Å². The van der Waals surface area contributed by atoms with Crippen LogP contribution in [0.3, 0.4) is 0 Å². The van der Waals surface area contributed by atoms with E-state index in [2.05, 4.69) is 4.72 Å². The van der Waals surface area contributed by atoms with Gasteiger partial charge in [-0.05, 0) is 40.8 Å². The number of benzene rings is 1. The number of sulfonamides is 1. The summed E-state index contributed by atoms with van der Waals surface area (Å²) in [6, 6.07) is 3.93. The monoisotopic (exact) mass is 370 g/mol. The smallest absolute Gasteiger partial charge is 0.336 e. The Balaban J connectivity index is 3.16. The first-order chi connectivity index (χ1) is 7.88. The van der Waals surface area contributed by atoms with Crippen LogP contribution in [0.1, 0.15) is 10.4 Å². The van der Waals surface area contributed by atoms with Crippen LogP contribution in [-0.4, -0.2) is 32.6 Å². The van der Waals surface area contributed by atoms with Crippen LogP contribution in [0.2, 0.25) is 0 Å². The number of carbonyl (C=O) groups is 1. The maximum absolute atomic E-state index is 11.7. The molecule has 8 heteroatoms. The summed E-state index contributed by atoms with van der Waals surface area (Å²) >= 11 is 1.83. The van der Waals surface area contributed by atoms with Gasteiger partial charge in [0.2, 0.25) is 10.0 Å². The SMILES string of the molecule is NCCNS(=O)(=O)c1ccc(I)c(C(=O)O)c1. The van der Waals surface area contributed by atoms with E-state index in [0.717, 1.165) is 6.07 Å². The summed E-state index contributed by atoms with van der Waals surface area (Å²) in [6.45, 7) is 0.284. The molecule has 0 heterocycles. The van der Waals surface area contributed by atoms with E-state index in [1.165, 1.54) is 12.1 Å². The quantitative estimate of drug-likeness (QED) is 0.643. The predicted molar refractivity (Wildman–Crippen MR) is 70.4 cm³/mol. The number of nitrogens with two attached hydrogens (primary N) is 1. The highest BCUT2D eigenvalue weighted by Gasteiger charge is 2.17. The third kappa shape index (κ3) is 3.63. The van der Waals surface area contributed by atoms with Crippen LogP contribution >= 0.6 is 22.6 Å². The number of hydrogen-bond acceptors (Lipinski definition) is 4. The molecule has 1 aromatic rings. The Morgan fingerprint density at radius 2 is 2.12 bits per heavy atom. The maximum atomic E-state index is 11.7. The minimum absolute atomic E-state index is 0.0405. The van der Waals surface area contributed by atoms with Crippen molar-refractivity contribution in [3.8, 4) is 0 Å². The van der Waals surface area contributed by atoms with Crippen LogP contribution in [0.5, 0.6) is 0 Å². The number of carboxylic acid groups (broad SMARTS) is 1. The summed E-state index contributed by atoms with van der Waals surface area (Å²) in [6.07, 6.45) is 0. The van der Waals surface area contributed by atoms with E-state index >= 15 is 0 Å². The molecule has 0 atom stereocenters. The van der Waals surface area contributed by atoms with Crippen LogP contribution < -0.4 is 10.5 Å². The van der Waals surface area contributed by atoms with Crippen molar-refractivity contribution < 1.29 is 18.3 Å². The van der Waals surface area contributed by atoms with Gasteiger partial charge in [-0.1, -0.05) is 0 Å². The average molecular weight is 370 g/mol. The first-order valence-electron chi connectivity index (χ1n) is 4.61. The van der Waals surface area contributed by atoms with Gasteiger partial charge in [0.25, 0.3) is 0 Å². The van der Waals surface area contributed by atoms with E-state index in [9.17, 15) is 13.2 Å². The summed E-state index contributed by atoms with van der Waals surface area (Å²) in [5, 5.41) is 8.89. The predicted octanol–water partition coefficient (Wildman–Crippen LogP) is 0.226. The molecule has 0 aliphatic rings. The Bertz CT molecular complexity index is 530. The van der Waals surface area contributed by atoms with Gasteiger partial charge in [-0.3, -0.25) is 0 Å². The van der Waals surface area contributed by atoms with Crippen molar-refractivity contribution in [2.45, 2.75) is 4.90 Å². The topological polar surface area (TPSA) is 109 Å². The minimum atomic E-state index is -3.69. The lowest BCUT2D eigenvalue weighted by Gasteiger charge is -2.07. The second-order valence-corrected chi connectivity index (χ2v) is 6.06. The summed E-state index contributed by atoms with van der Waals surface area (Å²) in [7, 11) is -3.69. The fourth-order valence-corrected chi connectivity index (χ4v) is 2.75. The standard InChI is InChI=1S/C9H11IN2O4S/c10-8-2-1-6(5-7(8)9(13)14)17(15,16)12-4-3-11/h1-2,5,12H,3-4,11H2,(H,13,14). The van der Waals surface area contributed by atoms with Gasteiger partial charge in [-0.2, -0.15) is 0 Å². The molecule has 0 aromatic heterocycles. The summed E-state index contributed by atoms with van der Waals surface area (Å²) < 4.78 is 26.2. The number of aromatic carboxylic acids is 1. The van der Waals surface area contributed by atoms with Gasteiger partial charge in [0.15, 0.2) is 0 Å². The molecule has 0 aliphatic heterocycles. The molecule has 0 bridgehead atoms. The number of rotatable bonds is 5. The summed E-state index contributed by atoms with van der Waals surface area (Å²) in [5.41, 5.74) is 5.15. The van der Waals surface area contributed by atoms with Crippen molar-refractivity contribution in [3.05, 3.63) is 27.3 Å². The Labute approximate surface area is 112 Å². The third-order valence-corrected chi connectivity index (χ3v) is 4.31. The molecule has 0 radical (unpaired) electrons. The van der Waals surface area contributed by atoms with Gasteiger partial charge in [0, 0.05) is 16.7 Å². The lowest BCUT2D eigenvalue weighted by atomic mass is 10.2. The molecule has 0 unspecified atom stereocenters. The van der Waals surface area contributed by atoms with Crippen LogP contribution in [0, 0.1) is 3.57 Å². The van der Waals surface area contributed by atoms with Crippen molar-refractivity contribution in [2.75, 3.05) is 13.1 Å². The van der Waals surface area contributed by atoms with Crippen LogP contribution in [0.25, 0.3) is 0 Å². The lowest BCUT2D eigenvalue weighted by molar-refractivity contribution is 0.0695. The molecule has 0 spiro atoms. The first kappa shape index (κ1) is 14.4. The van der Waals surface area contributed by atoms with Crippen LogP contribution in [0.15, 0.2) is 23.1 Å². The lowest BCUT2D eigenvalue weighted by Crippen LogP contribution is -2.29. The number of nitrogens with one attached hydrogen (secondary N) is 1. The van der Waals surface area contributed by atoms with Gasteiger partial charge < -0.3 is 10.8 Å². The molecular weight excluding hydrogens is 359 g/mol. The Morgan fingerprint density at radius 1 is 1.47 bits per heavy atom. The average Bonchev–Trinajstić information content (AvgIpc) is 2.26. The van der Waals surface area contributed by atoms with Crippen molar-refractivity contribution in [2.24, 2.45) is 5.73 Å². The van der Waals surface area contributed by atoms with E-state index < -0.39 is 16.0 Å².